The van der Waals surface area contributed by atoms with Crippen molar-refractivity contribution in [1.29, 1.82) is 0 Å². The van der Waals surface area contributed by atoms with E-state index < -0.39 is 17.6 Å². The average Bonchev–Trinajstić information content (AvgIpc) is 2.37. The second-order valence-electron chi connectivity index (χ2n) is 5.28. The van der Waals surface area contributed by atoms with Crippen LogP contribution in [0.5, 0.6) is 0 Å². The fourth-order valence-electron chi connectivity index (χ4n) is 1.70. The van der Waals surface area contributed by atoms with Gasteiger partial charge < -0.3 is 10.1 Å². The van der Waals surface area contributed by atoms with Crippen molar-refractivity contribution < 1.29 is 22.3 Å². The van der Waals surface area contributed by atoms with Crippen molar-refractivity contribution in [1.82, 2.24) is 5.32 Å². The molecule has 0 aliphatic carbocycles. The Balaban J connectivity index is 2.33. The van der Waals surface area contributed by atoms with Crippen LogP contribution < -0.4 is 5.32 Å². The third kappa shape index (κ3) is 6.91. The van der Waals surface area contributed by atoms with Gasteiger partial charge in [0.05, 0.1) is 12.2 Å². The second-order valence-corrected chi connectivity index (χ2v) is 5.28. The lowest BCUT2D eigenvalue weighted by Crippen LogP contribution is -2.20. The Morgan fingerprint density at radius 1 is 1.19 bits per heavy atom. The number of halogens is 4. The summed E-state index contributed by atoms with van der Waals surface area (Å²) in [5.74, 6) is -0.666. The molecular weight excluding hydrogens is 286 g/mol. The van der Waals surface area contributed by atoms with Crippen LogP contribution in [0.1, 0.15) is 31.4 Å². The summed E-state index contributed by atoms with van der Waals surface area (Å²) in [6.07, 6.45) is -3.69. The van der Waals surface area contributed by atoms with Crippen molar-refractivity contribution >= 4 is 0 Å². The summed E-state index contributed by atoms with van der Waals surface area (Å²) >= 11 is 0. The smallest absolute Gasteiger partial charge is 0.380 e. The van der Waals surface area contributed by atoms with Gasteiger partial charge in [-0.1, -0.05) is 19.9 Å². The molecule has 0 fully saturated rings. The standard InChI is InChI=1S/C15H21F4NO/c1-11(2)5-7-21-8-6-20-10-12-3-4-14(16)13(9-12)15(17,18)19/h3-4,9,11,20H,5-8,10H2,1-2H3. The molecule has 0 atom stereocenters. The molecule has 0 spiro atoms. The van der Waals surface area contributed by atoms with E-state index in [1.165, 1.54) is 6.07 Å². The van der Waals surface area contributed by atoms with Gasteiger partial charge in [-0.05, 0) is 30.0 Å². The lowest BCUT2D eigenvalue weighted by molar-refractivity contribution is -0.140. The lowest BCUT2D eigenvalue weighted by Gasteiger charge is -2.11. The van der Waals surface area contributed by atoms with Gasteiger partial charge in [-0.2, -0.15) is 13.2 Å². The number of ether oxygens (including phenoxy) is 1. The van der Waals surface area contributed by atoms with Crippen LogP contribution in [0.4, 0.5) is 17.6 Å². The summed E-state index contributed by atoms with van der Waals surface area (Å²) < 4.78 is 56.1. The Morgan fingerprint density at radius 2 is 1.90 bits per heavy atom. The predicted octanol–water partition coefficient (Wildman–Crippen LogP) is 4.00. The highest BCUT2D eigenvalue weighted by atomic mass is 19.4. The SMILES string of the molecule is CC(C)CCOCCNCc1ccc(F)c(C(F)(F)F)c1. The maximum absolute atomic E-state index is 13.1. The Bertz CT molecular complexity index is 432. The zero-order chi connectivity index (χ0) is 15.9. The lowest BCUT2D eigenvalue weighted by atomic mass is 10.1. The van der Waals surface area contributed by atoms with Crippen LogP contribution in [0.2, 0.25) is 0 Å². The molecule has 0 aliphatic heterocycles. The second kappa shape index (κ2) is 8.34. The van der Waals surface area contributed by atoms with Gasteiger partial charge in [0.2, 0.25) is 0 Å². The molecule has 0 saturated carbocycles. The minimum absolute atomic E-state index is 0.247. The van der Waals surface area contributed by atoms with Crippen LogP contribution in [-0.4, -0.2) is 19.8 Å². The predicted molar refractivity (Wildman–Crippen MR) is 73.4 cm³/mol. The van der Waals surface area contributed by atoms with E-state index in [0.717, 1.165) is 18.6 Å². The van der Waals surface area contributed by atoms with E-state index in [9.17, 15) is 17.6 Å². The first-order chi connectivity index (χ1) is 9.80. The van der Waals surface area contributed by atoms with Gasteiger partial charge in [0.1, 0.15) is 5.82 Å². The fraction of sp³-hybridized carbons (Fsp3) is 0.600. The molecular formula is C15H21F4NO. The van der Waals surface area contributed by atoms with Crippen molar-refractivity contribution in [3.05, 3.63) is 35.1 Å². The number of hydrogen-bond donors (Lipinski definition) is 1. The maximum atomic E-state index is 13.1. The van der Waals surface area contributed by atoms with Gasteiger partial charge in [-0.25, -0.2) is 4.39 Å². The Kier molecular flexibility index (Phi) is 7.11. The fourth-order valence-corrected chi connectivity index (χ4v) is 1.70. The molecule has 0 radical (unpaired) electrons. The molecule has 0 aromatic heterocycles. The molecule has 0 saturated heterocycles. The molecule has 120 valence electrons. The summed E-state index contributed by atoms with van der Waals surface area (Å²) in [6, 6.07) is 3.03. The summed E-state index contributed by atoms with van der Waals surface area (Å²) in [5.41, 5.74) is -0.833. The number of nitrogens with one attached hydrogen (secondary N) is 1. The first kappa shape index (κ1) is 17.9. The first-order valence-electron chi connectivity index (χ1n) is 6.94. The van der Waals surface area contributed by atoms with Crippen molar-refractivity contribution in [2.75, 3.05) is 19.8 Å². The molecule has 6 heteroatoms. The number of benzene rings is 1. The molecule has 0 bridgehead atoms. The number of hydrogen-bond acceptors (Lipinski definition) is 2. The van der Waals surface area contributed by atoms with Crippen LogP contribution in [0.15, 0.2) is 18.2 Å². The molecule has 1 rings (SSSR count). The van der Waals surface area contributed by atoms with Crippen LogP contribution >= 0.6 is 0 Å². The summed E-state index contributed by atoms with van der Waals surface area (Å²) in [4.78, 5) is 0. The Labute approximate surface area is 122 Å². The molecule has 0 amide bonds. The largest absolute Gasteiger partial charge is 0.419 e. The monoisotopic (exact) mass is 307 g/mol. The van der Waals surface area contributed by atoms with E-state index in [2.05, 4.69) is 19.2 Å². The van der Waals surface area contributed by atoms with Gasteiger partial charge in [0.15, 0.2) is 0 Å². The van der Waals surface area contributed by atoms with E-state index >= 15 is 0 Å². The highest BCUT2D eigenvalue weighted by Gasteiger charge is 2.34. The number of rotatable bonds is 8. The van der Waals surface area contributed by atoms with Gasteiger partial charge >= 0.3 is 6.18 Å². The Morgan fingerprint density at radius 3 is 2.52 bits per heavy atom. The van der Waals surface area contributed by atoms with Crippen molar-refractivity contribution in [3.8, 4) is 0 Å². The van der Waals surface area contributed by atoms with Crippen LogP contribution in [0.25, 0.3) is 0 Å². The average molecular weight is 307 g/mol. The third-order valence-corrected chi connectivity index (χ3v) is 2.93. The van der Waals surface area contributed by atoms with Gasteiger partial charge in [0, 0.05) is 19.7 Å². The van der Waals surface area contributed by atoms with E-state index in [1.54, 1.807) is 0 Å². The van der Waals surface area contributed by atoms with Crippen molar-refractivity contribution in [3.63, 3.8) is 0 Å². The number of alkyl halides is 3. The normalized spacial score (nSPS) is 12.1. The molecule has 21 heavy (non-hydrogen) atoms. The molecule has 1 N–H and O–H groups in total. The highest BCUT2D eigenvalue weighted by Crippen LogP contribution is 2.31. The summed E-state index contributed by atoms with van der Waals surface area (Å²) in [7, 11) is 0. The van der Waals surface area contributed by atoms with Crippen molar-refractivity contribution in [2.24, 2.45) is 5.92 Å². The third-order valence-electron chi connectivity index (χ3n) is 2.93. The van der Waals surface area contributed by atoms with E-state index in [4.69, 9.17) is 4.74 Å². The molecule has 0 heterocycles. The minimum atomic E-state index is -4.67. The first-order valence-corrected chi connectivity index (χ1v) is 6.94. The van der Waals surface area contributed by atoms with Crippen LogP contribution in [0.3, 0.4) is 0 Å². The van der Waals surface area contributed by atoms with Gasteiger partial charge in [-0.3, -0.25) is 0 Å². The van der Waals surface area contributed by atoms with E-state index in [0.29, 0.717) is 31.2 Å². The zero-order valence-electron chi connectivity index (χ0n) is 12.3. The van der Waals surface area contributed by atoms with Crippen LogP contribution in [-0.2, 0) is 17.5 Å². The van der Waals surface area contributed by atoms with Gasteiger partial charge in [0.25, 0.3) is 0 Å². The van der Waals surface area contributed by atoms with Gasteiger partial charge in [-0.15, -0.1) is 0 Å². The van der Waals surface area contributed by atoms with E-state index in [1.807, 2.05) is 0 Å². The van der Waals surface area contributed by atoms with E-state index in [-0.39, 0.29) is 6.54 Å². The summed E-state index contributed by atoms with van der Waals surface area (Å²) in [6.45, 7) is 6.17. The highest BCUT2D eigenvalue weighted by molar-refractivity contribution is 5.27. The Hall–Kier alpha value is -1.14. The van der Waals surface area contributed by atoms with Crippen LogP contribution in [0, 0.1) is 11.7 Å². The molecule has 0 unspecified atom stereocenters. The summed E-state index contributed by atoms with van der Waals surface area (Å²) in [5, 5.41) is 2.97. The molecule has 1 aromatic rings. The topological polar surface area (TPSA) is 21.3 Å². The quantitative estimate of drug-likeness (QED) is 0.579. The molecule has 1 aromatic carbocycles. The van der Waals surface area contributed by atoms with Crippen molar-refractivity contribution in [2.45, 2.75) is 33.0 Å². The maximum Gasteiger partial charge on any atom is 0.419 e. The zero-order valence-corrected chi connectivity index (χ0v) is 12.3. The molecule has 0 aliphatic rings. The molecule has 2 nitrogen and oxygen atoms in total. The minimum Gasteiger partial charge on any atom is -0.380 e.